The number of aryl methyl sites for hydroxylation is 1. The number of hydrogen-bond acceptors (Lipinski definition) is 3. The van der Waals surface area contributed by atoms with Gasteiger partial charge < -0.3 is 0 Å². The van der Waals surface area contributed by atoms with Crippen LogP contribution in [0.3, 0.4) is 0 Å². The fraction of sp³-hybridized carbons (Fsp3) is 0.300. The lowest BCUT2D eigenvalue weighted by Crippen LogP contribution is -2.00. The van der Waals surface area contributed by atoms with E-state index < -0.39 is 0 Å². The normalized spacial score (nSPS) is 10.6. The highest BCUT2D eigenvalue weighted by atomic mass is 35.5. The van der Waals surface area contributed by atoms with Gasteiger partial charge >= 0.3 is 0 Å². The molecule has 0 aliphatic heterocycles. The van der Waals surface area contributed by atoms with Crippen LogP contribution in [0.5, 0.6) is 0 Å². The van der Waals surface area contributed by atoms with Crippen molar-refractivity contribution in [1.82, 2.24) is 19.7 Å². The van der Waals surface area contributed by atoms with Gasteiger partial charge in [-0.05, 0) is 13.3 Å². The molecule has 2 heterocycles. The third-order valence-electron chi connectivity index (χ3n) is 2.25. The van der Waals surface area contributed by atoms with E-state index in [1.165, 1.54) is 0 Å². The minimum atomic E-state index is 0.604. The smallest absolute Gasteiger partial charge is 0.173 e. The predicted octanol–water partition coefficient (Wildman–Crippen LogP) is 2.19. The first kappa shape index (κ1) is 10.1. The van der Waals surface area contributed by atoms with Gasteiger partial charge in [0.15, 0.2) is 5.82 Å². The summed E-state index contributed by atoms with van der Waals surface area (Å²) in [5.41, 5.74) is 2.00. The molecule has 0 aliphatic rings. The predicted molar refractivity (Wildman–Crippen MR) is 58.3 cm³/mol. The first-order chi connectivity index (χ1) is 7.24. The summed E-state index contributed by atoms with van der Waals surface area (Å²) in [6, 6.07) is 0. The molecular weight excluding hydrogens is 212 g/mol. The SMILES string of the molecule is CCc1nn(-c2cnccn2)c(Cl)c1C. The van der Waals surface area contributed by atoms with E-state index in [1.54, 1.807) is 23.3 Å². The van der Waals surface area contributed by atoms with Gasteiger partial charge in [0.05, 0.1) is 11.9 Å². The Balaban J connectivity index is 2.55. The van der Waals surface area contributed by atoms with E-state index in [4.69, 9.17) is 11.6 Å². The fourth-order valence-corrected chi connectivity index (χ4v) is 1.64. The summed E-state index contributed by atoms with van der Waals surface area (Å²) in [6.45, 7) is 4.01. The zero-order valence-electron chi connectivity index (χ0n) is 8.61. The molecule has 2 aromatic heterocycles. The third kappa shape index (κ3) is 1.72. The van der Waals surface area contributed by atoms with Crippen molar-refractivity contribution in [3.63, 3.8) is 0 Å². The Bertz CT molecular complexity index is 464. The van der Waals surface area contributed by atoms with E-state index in [2.05, 4.69) is 15.1 Å². The van der Waals surface area contributed by atoms with Crippen LogP contribution in [0.1, 0.15) is 18.2 Å². The summed E-state index contributed by atoms with van der Waals surface area (Å²) in [5, 5.41) is 4.98. The zero-order chi connectivity index (χ0) is 10.8. The molecule has 0 amide bonds. The van der Waals surface area contributed by atoms with Crippen molar-refractivity contribution in [1.29, 1.82) is 0 Å². The molecule has 78 valence electrons. The number of aromatic nitrogens is 4. The van der Waals surface area contributed by atoms with Gasteiger partial charge in [-0.3, -0.25) is 4.98 Å². The summed E-state index contributed by atoms with van der Waals surface area (Å²) in [4.78, 5) is 8.14. The Morgan fingerprint density at radius 3 is 2.73 bits per heavy atom. The van der Waals surface area contributed by atoms with Gasteiger partial charge in [0.2, 0.25) is 0 Å². The van der Waals surface area contributed by atoms with Crippen molar-refractivity contribution in [2.75, 3.05) is 0 Å². The molecule has 0 bridgehead atoms. The fourth-order valence-electron chi connectivity index (χ4n) is 1.41. The molecule has 0 atom stereocenters. The molecule has 0 radical (unpaired) electrons. The van der Waals surface area contributed by atoms with Crippen LogP contribution >= 0.6 is 11.6 Å². The van der Waals surface area contributed by atoms with E-state index in [0.717, 1.165) is 17.7 Å². The molecule has 0 fully saturated rings. The Kier molecular flexibility index (Phi) is 2.68. The van der Waals surface area contributed by atoms with Crippen LogP contribution in [-0.4, -0.2) is 19.7 Å². The Hall–Kier alpha value is -1.42. The minimum absolute atomic E-state index is 0.604. The van der Waals surface area contributed by atoms with Crippen LogP contribution in [-0.2, 0) is 6.42 Å². The number of halogens is 1. The Morgan fingerprint density at radius 1 is 1.40 bits per heavy atom. The van der Waals surface area contributed by atoms with Gasteiger partial charge in [-0.2, -0.15) is 5.10 Å². The second-order valence-electron chi connectivity index (χ2n) is 3.19. The topological polar surface area (TPSA) is 43.6 Å². The van der Waals surface area contributed by atoms with Crippen molar-refractivity contribution < 1.29 is 0 Å². The van der Waals surface area contributed by atoms with Crippen LogP contribution in [0.15, 0.2) is 18.6 Å². The van der Waals surface area contributed by atoms with Gasteiger partial charge in [0.25, 0.3) is 0 Å². The molecule has 5 heteroatoms. The van der Waals surface area contributed by atoms with Crippen LogP contribution in [0.25, 0.3) is 5.82 Å². The second kappa shape index (κ2) is 3.98. The highest BCUT2D eigenvalue weighted by Crippen LogP contribution is 2.21. The van der Waals surface area contributed by atoms with E-state index in [1.807, 2.05) is 13.8 Å². The summed E-state index contributed by atoms with van der Waals surface area (Å²) in [7, 11) is 0. The van der Waals surface area contributed by atoms with Crippen molar-refractivity contribution in [2.24, 2.45) is 0 Å². The lowest BCUT2D eigenvalue weighted by atomic mass is 10.2. The quantitative estimate of drug-likeness (QED) is 0.783. The standard InChI is InChI=1S/C10H11ClN4/c1-3-8-7(2)10(11)15(14-8)9-6-12-4-5-13-9/h4-6H,3H2,1-2H3. The van der Waals surface area contributed by atoms with Crippen LogP contribution in [0, 0.1) is 6.92 Å². The zero-order valence-corrected chi connectivity index (χ0v) is 9.36. The van der Waals surface area contributed by atoms with E-state index in [0.29, 0.717) is 11.0 Å². The summed E-state index contributed by atoms with van der Waals surface area (Å²) < 4.78 is 1.61. The molecule has 15 heavy (non-hydrogen) atoms. The van der Waals surface area contributed by atoms with Crippen LogP contribution in [0.2, 0.25) is 5.15 Å². The molecule has 0 saturated heterocycles. The Labute approximate surface area is 92.9 Å². The van der Waals surface area contributed by atoms with Crippen molar-refractivity contribution in [2.45, 2.75) is 20.3 Å². The maximum Gasteiger partial charge on any atom is 0.173 e. The van der Waals surface area contributed by atoms with Crippen LogP contribution in [0.4, 0.5) is 0 Å². The first-order valence-electron chi connectivity index (χ1n) is 4.74. The summed E-state index contributed by atoms with van der Waals surface area (Å²) in [5.74, 6) is 0.644. The molecular formula is C10H11ClN4. The van der Waals surface area contributed by atoms with Gasteiger partial charge in [0.1, 0.15) is 5.15 Å². The van der Waals surface area contributed by atoms with Crippen molar-refractivity contribution >= 4 is 11.6 Å². The van der Waals surface area contributed by atoms with Gasteiger partial charge in [-0.25, -0.2) is 9.67 Å². The second-order valence-corrected chi connectivity index (χ2v) is 3.55. The van der Waals surface area contributed by atoms with Crippen molar-refractivity contribution in [3.05, 3.63) is 35.0 Å². The van der Waals surface area contributed by atoms with E-state index in [-0.39, 0.29) is 0 Å². The molecule has 0 unspecified atom stereocenters. The molecule has 2 rings (SSSR count). The van der Waals surface area contributed by atoms with Crippen LogP contribution < -0.4 is 0 Å². The third-order valence-corrected chi connectivity index (χ3v) is 2.69. The molecule has 0 saturated carbocycles. The number of rotatable bonds is 2. The van der Waals surface area contributed by atoms with Gasteiger partial charge in [-0.15, -0.1) is 0 Å². The largest absolute Gasteiger partial charge is 0.259 e. The molecule has 0 aromatic carbocycles. The highest BCUT2D eigenvalue weighted by molar-refractivity contribution is 6.30. The molecule has 4 nitrogen and oxygen atoms in total. The number of hydrogen-bond donors (Lipinski definition) is 0. The average molecular weight is 223 g/mol. The summed E-state index contributed by atoms with van der Waals surface area (Å²) in [6.07, 6.45) is 5.74. The monoisotopic (exact) mass is 222 g/mol. The van der Waals surface area contributed by atoms with Gasteiger partial charge in [0, 0.05) is 18.0 Å². The van der Waals surface area contributed by atoms with Crippen molar-refractivity contribution in [3.8, 4) is 5.82 Å². The van der Waals surface area contributed by atoms with E-state index >= 15 is 0 Å². The highest BCUT2D eigenvalue weighted by Gasteiger charge is 2.12. The lowest BCUT2D eigenvalue weighted by molar-refractivity contribution is 0.810. The maximum absolute atomic E-state index is 6.16. The van der Waals surface area contributed by atoms with Gasteiger partial charge in [-0.1, -0.05) is 18.5 Å². The number of nitrogens with zero attached hydrogens (tertiary/aromatic N) is 4. The first-order valence-corrected chi connectivity index (χ1v) is 5.12. The molecule has 0 spiro atoms. The maximum atomic E-state index is 6.16. The molecule has 2 aromatic rings. The minimum Gasteiger partial charge on any atom is -0.259 e. The molecule has 0 N–H and O–H groups in total. The average Bonchev–Trinajstić information content (AvgIpc) is 2.57. The Morgan fingerprint density at radius 2 is 2.20 bits per heavy atom. The molecule has 0 aliphatic carbocycles. The van der Waals surface area contributed by atoms with E-state index in [9.17, 15) is 0 Å². The lowest BCUT2D eigenvalue weighted by Gasteiger charge is -1.99. The summed E-state index contributed by atoms with van der Waals surface area (Å²) >= 11 is 6.16.